The molecule has 0 aliphatic carbocycles. The van der Waals surface area contributed by atoms with Crippen molar-refractivity contribution in [3.63, 3.8) is 0 Å². The van der Waals surface area contributed by atoms with E-state index < -0.39 is 6.04 Å². The van der Waals surface area contributed by atoms with Crippen LogP contribution in [0.5, 0.6) is 5.75 Å². The van der Waals surface area contributed by atoms with Crippen LogP contribution >= 0.6 is 31.9 Å². The SMILES string of the molecule is C=CCOc1cccc(C2c3c(oc4ccc(Br)cc4c3=O)C(=O)N2c2cccc(Br)c2)c1. The van der Waals surface area contributed by atoms with Gasteiger partial charge in [-0.05, 0) is 54.1 Å². The van der Waals surface area contributed by atoms with Crippen LogP contribution in [0.4, 0.5) is 5.69 Å². The van der Waals surface area contributed by atoms with Crippen molar-refractivity contribution < 1.29 is 13.9 Å². The Morgan fingerprint density at radius 2 is 1.79 bits per heavy atom. The first kappa shape index (κ1) is 21.7. The molecular formula is C26H17Br2NO4. The van der Waals surface area contributed by atoms with Gasteiger partial charge in [0.15, 0.2) is 5.43 Å². The van der Waals surface area contributed by atoms with E-state index in [1.807, 2.05) is 48.5 Å². The molecule has 0 saturated carbocycles. The van der Waals surface area contributed by atoms with Crippen LogP contribution in [-0.2, 0) is 0 Å². The minimum Gasteiger partial charge on any atom is -0.490 e. The Hall–Kier alpha value is -3.16. The second-order valence-electron chi connectivity index (χ2n) is 7.54. The fourth-order valence-corrected chi connectivity index (χ4v) is 4.83. The van der Waals surface area contributed by atoms with Crippen LogP contribution in [0, 0.1) is 0 Å². The van der Waals surface area contributed by atoms with Crippen molar-refractivity contribution in [2.24, 2.45) is 0 Å². The van der Waals surface area contributed by atoms with E-state index in [4.69, 9.17) is 9.15 Å². The van der Waals surface area contributed by atoms with Crippen LogP contribution in [0.2, 0.25) is 0 Å². The summed E-state index contributed by atoms with van der Waals surface area (Å²) >= 11 is 6.90. The fourth-order valence-electron chi connectivity index (χ4n) is 4.08. The molecule has 4 aromatic rings. The highest BCUT2D eigenvalue weighted by Gasteiger charge is 2.43. The van der Waals surface area contributed by atoms with E-state index >= 15 is 0 Å². The third-order valence-corrected chi connectivity index (χ3v) is 6.45. The highest BCUT2D eigenvalue weighted by molar-refractivity contribution is 9.10. The normalized spacial score (nSPS) is 15.0. The molecule has 1 amide bonds. The Kier molecular flexibility index (Phi) is 5.68. The molecule has 0 N–H and O–H groups in total. The molecule has 0 saturated heterocycles. The molecule has 7 heteroatoms. The van der Waals surface area contributed by atoms with Gasteiger partial charge in [-0.3, -0.25) is 14.5 Å². The maximum absolute atomic E-state index is 13.7. The number of hydrogen-bond donors (Lipinski definition) is 0. The van der Waals surface area contributed by atoms with Crippen LogP contribution in [-0.4, -0.2) is 12.5 Å². The maximum atomic E-state index is 13.7. The Balaban J connectivity index is 1.78. The van der Waals surface area contributed by atoms with E-state index in [0.29, 0.717) is 34.6 Å². The first-order valence-electron chi connectivity index (χ1n) is 10.2. The third kappa shape index (κ3) is 3.81. The number of carbonyl (C=O) groups is 1. The van der Waals surface area contributed by atoms with Crippen molar-refractivity contribution in [3.8, 4) is 5.75 Å². The first-order chi connectivity index (χ1) is 16.0. The van der Waals surface area contributed by atoms with Gasteiger partial charge in [-0.15, -0.1) is 0 Å². The van der Waals surface area contributed by atoms with Crippen molar-refractivity contribution in [1.82, 2.24) is 0 Å². The van der Waals surface area contributed by atoms with Crippen molar-refractivity contribution >= 4 is 54.4 Å². The molecule has 2 heterocycles. The number of halogens is 2. The molecule has 1 unspecified atom stereocenters. The predicted octanol–water partition coefficient (Wildman–Crippen LogP) is 6.63. The van der Waals surface area contributed by atoms with Gasteiger partial charge < -0.3 is 9.15 Å². The zero-order valence-corrected chi connectivity index (χ0v) is 20.4. The van der Waals surface area contributed by atoms with Gasteiger partial charge >= 0.3 is 0 Å². The van der Waals surface area contributed by atoms with E-state index in [2.05, 4.69) is 38.4 Å². The zero-order chi connectivity index (χ0) is 23.1. The summed E-state index contributed by atoms with van der Waals surface area (Å²) in [6, 6.07) is 19.3. The average Bonchev–Trinajstić information content (AvgIpc) is 3.11. The van der Waals surface area contributed by atoms with Gasteiger partial charge in [0.1, 0.15) is 17.9 Å². The van der Waals surface area contributed by atoms with Gasteiger partial charge in [-0.2, -0.15) is 0 Å². The minimum absolute atomic E-state index is 0.0530. The summed E-state index contributed by atoms with van der Waals surface area (Å²) in [7, 11) is 0. The van der Waals surface area contributed by atoms with Crippen LogP contribution in [0.3, 0.4) is 0 Å². The summed E-state index contributed by atoms with van der Waals surface area (Å²) in [5.41, 5.74) is 1.83. The number of amides is 1. The molecule has 0 fully saturated rings. The minimum atomic E-state index is -0.672. The first-order valence-corrected chi connectivity index (χ1v) is 11.8. The number of ether oxygens (including phenoxy) is 1. The summed E-state index contributed by atoms with van der Waals surface area (Å²) in [4.78, 5) is 28.9. The largest absolute Gasteiger partial charge is 0.490 e. The van der Waals surface area contributed by atoms with Crippen molar-refractivity contribution in [3.05, 3.63) is 115 Å². The topological polar surface area (TPSA) is 59.8 Å². The van der Waals surface area contributed by atoms with E-state index in [9.17, 15) is 9.59 Å². The second-order valence-corrected chi connectivity index (χ2v) is 9.38. The lowest BCUT2D eigenvalue weighted by atomic mass is 9.98. The van der Waals surface area contributed by atoms with Gasteiger partial charge in [-0.25, -0.2) is 0 Å². The van der Waals surface area contributed by atoms with Crippen LogP contribution < -0.4 is 15.1 Å². The molecule has 5 nitrogen and oxygen atoms in total. The summed E-state index contributed by atoms with van der Waals surface area (Å²) in [6.45, 7) is 4.03. The van der Waals surface area contributed by atoms with Crippen molar-refractivity contribution in [1.29, 1.82) is 0 Å². The number of hydrogen-bond acceptors (Lipinski definition) is 4. The number of anilines is 1. The second kappa shape index (κ2) is 8.65. The van der Waals surface area contributed by atoms with Gasteiger partial charge in [0, 0.05) is 14.6 Å². The number of nitrogens with zero attached hydrogens (tertiary/aromatic N) is 1. The molecular weight excluding hydrogens is 550 g/mol. The fraction of sp³-hybridized carbons (Fsp3) is 0.0769. The maximum Gasteiger partial charge on any atom is 0.295 e. The van der Waals surface area contributed by atoms with E-state index in [1.165, 1.54) is 0 Å². The lowest BCUT2D eigenvalue weighted by Crippen LogP contribution is -2.29. The highest BCUT2D eigenvalue weighted by atomic mass is 79.9. The molecule has 5 rings (SSSR count). The molecule has 1 aromatic heterocycles. The molecule has 3 aromatic carbocycles. The molecule has 164 valence electrons. The Morgan fingerprint density at radius 3 is 2.58 bits per heavy atom. The quantitative estimate of drug-likeness (QED) is 0.254. The van der Waals surface area contributed by atoms with Gasteiger partial charge in [0.05, 0.1) is 17.0 Å². The molecule has 33 heavy (non-hydrogen) atoms. The smallest absolute Gasteiger partial charge is 0.295 e. The summed E-state index contributed by atoms with van der Waals surface area (Å²) < 4.78 is 13.3. The monoisotopic (exact) mass is 565 g/mol. The van der Waals surface area contributed by atoms with Crippen LogP contribution in [0.15, 0.2) is 97.5 Å². The Bertz CT molecular complexity index is 1480. The molecule has 1 aliphatic heterocycles. The van der Waals surface area contributed by atoms with E-state index in [0.717, 1.165) is 14.5 Å². The average molecular weight is 567 g/mol. The highest BCUT2D eigenvalue weighted by Crippen LogP contribution is 2.42. The summed E-state index contributed by atoms with van der Waals surface area (Å²) in [5.74, 6) is 0.306. The summed E-state index contributed by atoms with van der Waals surface area (Å²) in [6.07, 6.45) is 1.66. The van der Waals surface area contributed by atoms with Crippen molar-refractivity contribution in [2.45, 2.75) is 6.04 Å². The molecule has 1 aliphatic rings. The number of benzene rings is 3. The van der Waals surface area contributed by atoms with E-state index in [1.54, 1.807) is 29.2 Å². The Labute approximate surface area is 206 Å². The van der Waals surface area contributed by atoms with Crippen LogP contribution in [0.1, 0.15) is 27.7 Å². The third-order valence-electron chi connectivity index (χ3n) is 5.46. The standard InChI is InChI=1S/C26H17Br2NO4/c1-2-11-32-19-8-3-5-15(12-19)23-22-24(30)20-14-17(28)9-10-21(20)33-25(22)26(31)29(23)18-7-4-6-16(27)13-18/h2-10,12-14,23H,1,11H2. The number of carbonyl (C=O) groups excluding carboxylic acids is 1. The van der Waals surface area contributed by atoms with Gasteiger partial charge in [0.25, 0.3) is 5.91 Å². The predicted molar refractivity (Wildman–Crippen MR) is 135 cm³/mol. The number of rotatable bonds is 5. The van der Waals surface area contributed by atoms with E-state index in [-0.39, 0.29) is 17.1 Å². The van der Waals surface area contributed by atoms with Crippen LogP contribution in [0.25, 0.3) is 11.0 Å². The molecule has 0 radical (unpaired) electrons. The van der Waals surface area contributed by atoms with Crippen molar-refractivity contribution in [2.75, 3.05) is 11.5 Å². The molecule has 0 bridgehead atoms. The summed E-state index contributed by atoms with van der Waals surface area (Å²) in [5, 5.41) is 0.413. The zero-order valence-electron chi connectivity index (χ0n) is 17.3. The lowest BCUT2D eigenvalue weighted by molar-refractivity contribution is 0.0971. The Morgan fingerprint density at radius 1 is 1.00 bits per heavy atom. The molecule has 1 atom stereocenters. The lowest BCUT2D eigenvalue weighted by Gasteiger charge is -2.25. The van der Waals surface area contributed by atoms with Gasteiger partial charge in [0.2, 0.25) is 5.76 Å². The van der Waals surface area contributed by atoms with Gasteiger partial charge in [-0.1, -0.05) is 62.7 Å². The molecule has 0 spiro atoms. The number of fused-ring (bicyclic) bond motifs is 2.